The lowest BCUT2D eigenvalue weighted by atomic mass is 10.1. The van der Waals surface area contributed by atoms with Crippen LogP contribution in [-0.4, -0.2) is 11.9 Å². The average Bonchev–Trinajstić information content (AvgIpc) is 3.24. The summed E-state index contributed by atoms with van der Waals surface area (Å²) >= 11 is 6.23. The zero-order valence-electron chi connectivity index (χ0n) is 14.3. The van der Waals surface area contributed by atoms with Crippen LogP contribution in [0.15, 0.2) is 30.3 Å². The number of hydrogen-bond donors (Lipinski definition) is 3. The van der Waals surface area contributed by atoms with Gasteiger partial charge in [0.15, 0.2) is 6.04 Å². The Morgan fingerprint density at radius 2 is 2.04 bits per heavy atom. The van der Waals surface area contributed by atoms with Gasteiger partial charge in [0.1, 0.15) is 5.75 Å². The number of para-hydroxylation sites is 1. The maximum atomic E-state index is 12.9. The molecule has 2 aromatic rings. The number of benzene rings is 2. The Balaban J connectivity index is 1.69. The van der Waals surface area contributed by atoms with Crippen molar-refractivity contribution in [1.29, 1.82) is 0 Å². The summed E-state index contributed by atoms with van der Waals surface area (Å²) in [4.78, 5) is 3.33. The van der Waals surface area contributed by atoms with Crippen molar-refractivity contribution >= 4 is 23.5 Å². The van der Waals surface area contributed by atoms with Crippen LogP contribution in [-0.2, 0) is 0 Å². The van der Waals surface area contributed by atoms with Crippen molar-refractivity contribution in [2.45, 2.75) is 37.8 Å². The molecule has 0 aromatic heterocycles. The van der Waals surface area contributed by atoms with E-state index in [2.05, 4.69) is 4.99 Å². The highest BCUT2D eigenvalue weighted by Crippen LogP contribution is 2.33. The van der Waals surface area contributed by atoms with Crippen LogP contribution >= 0.6 is 11.6 Å². The maximum Gasteiger partial charge on any atom is 0.272 e. The lowest BCUT2D eigenvalue weighted by molar-refractivity contribution is -0.528. The van der Waals surface area contributed by atoms with Crippen LogP contribution in [0.1, 0.15) is 42.9 Å². The van der Waals surface area contributed by atoms with Crippen molar-refractivity contribution in [1.82, 2.24) is 0 Å². The van der Waals surface area contributed by atoms with E-state index in [9.17, 15) is 5.11 Å². The lowest BCUT2D eigenvalue weighted by Gasteiger charge is -2.22. The Morgan fingerprint density at radius 3 is 2.77 bits per heavy atom. The molecule has 2 aliphatic rings. The van der Waals surface area contributed by atoms with E-state index in [1.165, 1.54) is 0 Å². The molecule has 1 saturated carbocycles. The van der Waals surface area contributed by atoms with Gasteiger partial charge in [0.25, 0.3) is 5.84 Å². The molecule has 1 aliphatic heterocycles. The molecule has 5 nitrogen and oxygen atoms in total. The van der Waals surface area contributed by atoms with Gasteiger partial charge in [-0.05, 0) is 37.8 Å². The second-order valence-corrected chi connectivity index (χ2v) is 7.27. The number of nitrogens with one attached hydrogen (secondary N) is 1. The summed E-state index contributed by atoms with van der Waals surface area (Å²) in [6.07, 6.45) is 6.49. The van der Waals surface area contributed by atoms with E-state index >= 15 is 0 Å². The molecule has 1 aliphatic carbocycles. The molecular formula is C20H21ClN3O2+. The number of halogens is 1. The van der Waals surface area contributed by atoms with Gasteiger partial charge in [-0.25, -0.2) is 4.99 Å². The summed E-state index contributed by atoms with van der Waals surface area (Å²) in [7, 11) is 0. The highest BCUT2D eigenvalue weighted by molar-refractivity contribution is 6.33. The third-order valence-electron chi connectivity index (χ3n) is 5.05. The van der Waals surface area contributed by atoms with Crippen molar-refractivity contribution in [3.8, 4) is 11.5 Å². The summed E-state index contributed by atoms with van der Waals surface area (Å²) in [5.41, 5.74) is 6.94. The Morgan fingerprint density at radius 1 is 1.27 bits per heavy atom. The quantitative estimate of drug-likeness (QED) is 0.448. The molecule has 0 bridgehead atoms. The van der Waals surface area contributed by atoms with Crippen molar-refractivity contribution in [3.05, 3.63) is 57.1 Å². The van der Waals surface area contributed by atoms with E-state index in [0.717, 1.165) is 36.3 Å². The van der Waals surface area contributed by atoms with E-state index in [1.54, 1.807) is 12.1 Å². The van der Waals surface area contributed by atoms with Gasteiger partial charge in [0.2, 0.25) is 5.36 Å². The number of rotatable bonds is 4. The van der Waals surface area contributed by atoms with Gasteiger partial charge in [0, 0.05) is 22.9 Å². The van der Waals surface area contributed by atoms with Gasteiger partial charge in [-0.2, -0.15) is 0 Å². The molecule has 1 heterocycles. The van der Waals surface area contributed by atoms with Crippen LogP contribution in [0, 0.1) is 0 Å². The van der Waals surface area contributed by atoms with Gasteiger partial charge >= 0.3 is 0 Å². The van der Waals surface area contributed by atoms with Crippen LogP contribution in [0.5, 0.6) is 11.5 Å². The predicted octanol–water partition coefficient (Wildman–Crippen LogP) is -1.56. The molecule has 1 atom stereocenters. The van der Waals surface area contributed by atoms with Crippen LogP contribution in [0.2, 0.25) is 5.02 Å². The molecule has 134 valence electrons. The average molecular weight is 371 g/mol. The smallest absolute Gasteiger partial charge is 0.272 e. The minimum atomic E-state index is -0.241. The topological polar surface area (TPSA) is 97.9 Å². The zero-order chi connectivity index (χ0) is 18.3. The minimum absolute atomic E-state index is 0.0721. The molecule has 0 saturated heterocycles. The van der Waals surface area contributed by atoms with Gasteiger partial charge in [-0.3, -0.25) is 11.1 Å². The number of fused-ring (bicyclic) bond motifs is 1. The Hall–Kier alpha value is -2.53. The van der Waals surface area contributed by atoms with Crippen LogP contribution in [0.4, 0.5) is 0 Å². The van der Waals surface area contributed by atoms with Crippen LogP contribution in [0.25, 0.3) is 6.08 Å². The second-order valence-electron chi connectivity index (χ2n) is 6.86. The van der Waals surface area contributed by atoms with Crippen LogP contribution < -0.4 is 36.6 Å². The summed E-state index contributed by atoms with van der Waals surface area (Å²) in [6, 6.07) is 8.83. The fourth-order valence-electron chi connectivity index (χ4n) is 3.69. The monoisotopic (exact) mass is 370 g/mol. The fourth-order valence-corrected chi connectivity index (χ4v) is 3.96. The predicted molar refractivity (Wildman–Crippen MR) is 97.0 cm³/mol. The third kappa shape index (κ3) is 3.03. The van der Waals surface area contributed by atoms with Crippen LogP contribution in [0.3, 0.4) is 0 Å². The van der Waals surface area contributed by atoms with Crippen molar-refractivity contribution < 1.29 is 20.2 Å². The SMILES string of the molecule is NC(=[NH2+])c1cc2c(cc1Cl)=[NH+]C(c1cccc(OC3CCCC3)c1[O-])C=2. The first kappa shape index (κ1) is 16.9. The van der Waals surface area contributed by atoms with Gasteiger partial charge in [0.05, 0.1) is 16.7 Å². The molecule has 0 spiro atoms. The van der Waals surface area contributed by atoms with Crippen molar-refractivity contribution in [3.63, 3.8) is 0 Å². The number of ether oxygens (including phenoxy) is 1. The first-order valence-electron chi connectivity index (χ1n) is 8.82. The molecule has 2 aromatic carbocycles. The number of nitrogens with two attached hydrogens (primary N) is 2. The Bertz CT molecular complexity index is 997. The largest absolute Gasteiger partial charge is 0.870 e. The van der Waals surface area contributed by atoms with E-state index in [-0.39, 0.29) is 23.7 Å². The molecule has 1 fully saturated rings. The zero-order valence-corrected chi connectivity index (χ0v) is 15.1. The van der Waals surface area contributed by atoms with Gasteiger partial charge in [-0.1, -0.05) is 29.5 Å². The summed E-state index contributed by atoms with van der Waals surface area (Å²) < 4.78 is 5.94. The van der Waals surface area contributed by atoms with E-state index in [0.29, 0.717) is 21.9 Å². The normalized spacial score (nSPS) is 18.9. The molecule has 26 heavy (non-hydrogen) atoms. The molecule has 1 unspecified atom stereocenters. The lowest BCUT2D eigenvalue weighted by Crippen LogP contribution is -2.76. The minimum Gasteiger partial charge on any atom is -0.870 e. The highest BCUT2D eigenvalue weighted by Gasteiger charge is 2.23. The van der Waals surface area contributed by atoms with E-state index < -0.39 is 0 Å². The first-order valence-corrected chi connectivity index (χ1v) is 9.20. The van der Waals surface area contributed by atoms with Gasteiger partial charge < -0.3 is 9.84 Å². The highest BCUT2D eigenvalue weighted by atomic mass is 35.5. The molecule has 4 rings (SSSR count). The molecule has 0 amide bonds. The first-order chi connectivity index (χ1) is 12.5. The fraction of sp³-hybridized carbons (Fsp3) is 0.300. The second kappa shape index (κ2) is 6.65. The Kier molecular flexibility index (Phi) is 4.32. The van der Waals surface area contributed by atoms with Crippen molar-refractivity contribution in [2.24, 2.45) is 5.73 Å². The van der Waals surface area contributed by atoms with E-state index in [4.69, 9.17) is 27.5 Å². The Labute approximate surface area is 156 Å². The van der Waals surface area contributed by atoms with Gasteiger partial charge in [-0.15, -0.1) is 0 Å². The van der Waals surface area contributed by atoms with E-state index in [1.807, 2.05) is 24.3 Å². The molecule has 6 heteroatoms. The summed E-state index contributed by atoms with van der Waals surface area (Å²) in [5.74, 6) is 0.530. The molecular weight excluding hydrogens is 350 g/mol. The maximum absolute atomic E-state index is 12.9. The standard InChI is InChI=1S/C20H20ClN3O2/c21-15-10-16-11(8-14(15)20(22)23)9-17(24-16)13-6-3-7-18(19(13)25)26-12-4-1-2-5-12/h3,6-10,12,17,25H,1-2,4-5H2,(H3,22,23)/p+1. The third-order valence-corrected chi connectivity index (χ3v) is 5.36. The number of amidine groups is 1. The summed E-state index contributed by atoms with van der Waals surface area (Å²) in [5, 5.41) is 20.8. The van der Waals surface area contributed by atoms with Crippen molar-refractivity contribution in [2.75, 3.05) is 0 Å². The molecule has 5 N–H and O–H groups in total. The number of hydrogen-bond acceptors (Lipinski definition) is 2. The summed E-state index contributed by atoms with van der Waals surface area (Å²) in [6.45, 7) is 0. The molecule has 0 radical (unpaired) electrons.